The Labute approximate surface area is 305 Å². The topological polar surface area (TPSA) is 29.5 Å². The van der Waals surface area contributed by atoms with Gasteiger partial charge in [-0.25, -0.2) is 0 Å². The molecule has 0 amide bonds. The summed E-state index contributed by atoms with van der Waals surface area (Å²) in [6, 6.07) is 66.7. The highest BCUT2D eigenvalue weighted by molar-refractivity contribution is 6.21. The summed E-state index contributed by atoms with van der Waals surface area (Å²) in [4.78, 5) is 2.43. The second-order valence-corrected chi connectivity index (χ2v) is 13.7. The zero-order chi connectivity index (χ0) is 34.9. The first-order valence-corrected chi connectivity index (χ1v) is 18.0. The van der Waals surface area contributed by atoms with E-state index in [2.05, 4.69) is 181 Å². The van der Waals surface area contributed by atoms with Crippen LogP contribution in [0.5, 0.6) is 0 Å². The first-order valence-electron chi connectivity index (χ1n) is 18.0. The quantitative estimate of drug-likeness (QED) is 0.170. The third kappa shape index (κ3) is 4.68. The van der Waals surface area contributed by atoms with E-state index in [4.69, 9.17) is 8.83 Å². The summed E-state index contributed by atoms with van der Waals surface area (Å²) < 4.78 is 13.5. The molecule has 0 bridgehead atoms. The Morgan fingerprint density at radius 1 is 0.340 bits per heavy atom. The van der Waals surface area contributed by atoms with E-state index < -0.39 is 0 Å². The minimum absolute atomic E-state index is 0.841. The number of benzene rings is 9. The largest absolute Gasteiger partial charge is 0.456 e. The number of hydrogen-bond donors (Lipinski definition) is 0. The summed E-state index contributed by atoms with van der Waals surface area (Å²) in [5.41, 5.74) is 10.9. The number of rotatable bonds is 5. The van der Waals surface area contributed by atoms with Crippen molar-refractivity contribution in [2.24, 2.45) is 0 Å². The van der Waals surface area contributed by atoms with Crippen LogP contribution >= 0.6 is 0 Å². The Kier molecular flexibility index (Phi) is 6.55. The third-order valence-corrected chi connectivity index (χ3v) is 10.6. The molecule has 2 aromatic heterocycles. The summed E-state index contributed by atoms with van der Waals surface area (Å²) in [7, 11) is 0. The fourth-order valence-corrected chi connectivity index (χ4v) is 8.19. The van der Waals surface area contributed by atoms with Crippen molar-refractivity contribution in [3.8, 4) is 22.3 Å². The van der Waals surface area contributed by atoms with Gasteiger partial charge in [-0.05, 0) is 86.8 Å². The van der Waals surface area contributed by atoms with Crippen molar-refractivity contribution in [2.75, 3.05) is 4.90 Å². The van der Waals surface area contributed by atoms with E-state index in [1.807, 2.05) is 12.1 Å². The minimum Gasteiger partial charge on any atom is -0.456 e. The predicted octanol–water partition coefficient (Wildman–Crippen LogP) is 14.6. The van der Waals surface area contributed by atoms with Crippen LogP contribution in [0.2, 0.25) is 0 Å². The fourth-order valence-electron chi connectivity index (χ4n) is 8.19. The lowest BCUT2D eigenvalue weighted by atomic mass is 9.97. The minimum atomic E-state index is 0.841. The average molecular weight is 678 g/mol. The molecule has 0 spiro atoms. The lowest BCUT2D eigenvalue weighted by Gasteiger charge is -2.28. The maximum Gasteiger partial charge on any atom is 0.145 e. The van der Waals surface area contributed by atoms with Gasteiger partial charge in [0.25, 0.3) is 0 Å². The molecule has 0 unspecified atom stereocenters. The lowest BCUT2D eigenvalue weighted by Crippen LogP contribution is -2.11. The van der Waals surface area contributed by atoms with Gasteiger partial charge in [-0.1, -0.05) is 140 Å². The van der Waals surface area contributed by atoms with Crippen molar-refractivity contribution in [1.82, 2.24) is 0 Å². The van der Waals surface area contributed by atoms with Crippen LogP contribution in [0.3, 0.4) is 0 Å². The number of nitrogens with zero attached hydrogens (tertiary/aromatic N) is 1. The molecule has 0 atom stereocenters. The first kappa shape index (κ1) is 29.6. The molecule has 3 heteroatoms. The second-order valence-electron chi connectivity index (χ2n) is 13.7. The van der Waals surface area contributed by atoms with Crippen molar-refractivity contribution < 1.29 is 8.83 Å². The van der Waals surface area contributed by atoms with Gasteiger partial charge in [0.2, 0.25) is 0 Å². The van der Waals surface area contributed by atoms with Crippen molar-refractivity contribution in [1.29, 1.82) is 0 Å². The van der Waals surface area contributed by atoms with Crippen molar-refractivity contribution in [3.05, 3.63) is 188 Å². The fraction of sp³-hybridized carbons (Fsp3) is 0. The van der Waals surface area contributed by atoms with Crippen molar-refractivity contribution in [3.63, 3.8) is 0 Å². The molecule has 0 aliphatic carbocycles. The number of hydrogen-bond acceptors (Lipinski definition) is 3. The Bertz CT molecular complexity index is 3170. The van der Waals surface area contributed by atoms with Gasteiger partial charge < -0.3 is 13.7 Å². The Morgan fingerprint density at radius 2 is 0.943 bits per heavy atom. The molecule has 248 valence electrons. The highest BCUT2D eigenvalue weighted by atomic mass is 16.3. The van der Waals surface area contributed by atoms with Crippen LogP contribution in [0.4, 0.5) is 17.1 Å². The normalized spacial score (nSPS) is 11.8. The van der Waals surface area contributed by atoms with E-state index in [0.717, 1.165) is 83.2 Å². The van der Waals surface area contributed by atoms with E-state index in [1.165, 1.54) is 21.5 Å². The highest BCUT2D eigenvalue weighted by Crippen LogP contribution is 2.50. The number of para-hydroxylation sites is 2. The molecule has 11 aromatic rings. The summed E-state index contributed by atoms with van der Waals surface area (Å²) in [6.07, 6.45) is 0. The van der Waals surface area contributed by atoms with Crippen LogP contribution < -0.4 is 4.90 Å². The molecule has 3 nitrogen and oxygen atoms in total. The van der Waals surface area contributed by atoms with Crippen LogP contribution in [-0.4, -0.2) is 0 Å². The standard InChI is InChI=1S/C50H31NO2/c1-3-13-32(14-4-1)36-29-44(48-40-19-9-11-21-45(40)52-47(48)30-36)51(37-26-25-35-24-23-34-17-7-8-18-38(34)42(35)31-37)43-28-27-39(33-15-5-2-6-16-33)50-49(43)41-20-10-12-22-46(41)53-50/h1-31H. The Morgan fingerprint density at radius 3 is 1.72 bits per heavy atom. The van der Waals surface area contributed by atoms with E-state index >= 15 is 0 Å². The van der Waals surface area contributed by atoms with Crippen LogP contribution in [0.15, 0.2) is 197 Å². The summed E-state index contributed by atoms with van der Waals surface area (Å²) in [5.74, 6) is 0. The third-order valence-electron chi connectivity index (χ3n) is 10.6. The maximum atomic E-state index is 6.82. The van der Waals surface area contributed by atoms with Gasteiger partial charge in [-0.15, -0.1) is 0 Å². The first-order chi connectivity index (χ1) is 26.3. The Hall–Kier alpha value is -7.10. The number of furan rings is 2. The maximum absolute atomic E-state index is 6.82. The molecule has 2 heterocycles. The summed E-state index contributed by atoms with van der Waals surface area (Å²) in [5, 5.41) is 9.10. The van der Waals surface area contributed by atoms with Gasteiger partial charge in [0.1, 0.15) is 22.3 Å². The van der Waals surface area contributed by atoms with E-state index in [1.54, 1.807) is 0 Å². The van der Waals surface area contributed by atoms with Crippen molar-refractivity contribution >= 4 is 82.5 Å². The molecule has 53 heavy (non-hydrogen) atoms. The van der Waals surface area contributed by atoms with Gasteiger partial charge in [-0.2, -0.15) is 0 Å². The second kappa shape index (κ2) is 11.7. The molecule has 0 saturated carbocycles. The molecular formula is C50H31NO2. The molecule has 0 saturated heterocycles. The molecule has 0 N–H and O–H groups in total. The highest BCUT2D eigenvalue weighted by Gasteiger charge is 2.26. The molecule has 0 fully saturated rings. The SMILES string of the molecule is c1ccc(-c2cc(N(c3ccc4ccc5ccccc5c4c3)c3ccc(-c4ccccc4)c4oc5ccccc5c34)c3c(c2)oc2ccccc23)cc1. The van der Waals surface area contributed by atoms with Gasteiger partial charge in [0, 0.05) is 22.0 Å². The molecule has 9 aromatic carbocycles. The zero-order valence-electron chi connectivity index (χ0n) is 28.7. The Balaban J connectivity index is 1.30. The smallest absolute Gasteiger partial charge is 0.145 e. The van der Waals surface area contributed by atoms with Gasteiger partial charge in [0.15, 0.2) is 0 Å². The molecular weight excluding hydrogens is 647 g/mol. The average Bonchev–Trinajstić information content (AvgIpc) is 3.81. The van der Waals surface area contributed by atoms with Crippen LogP contribution in [0, 0.1) is 0 Å². The molecule has 0 radical (unpaired) electrons. The summed E-state index contributed by atoms with van der Waals surface area (Å²) >= 11 is 0. The molecule has 0 aliphatic rings. The lowest BCUT2D eigenvalue weighted by molar-refractivity contribution is 0.669. The molecule has 11 rings (SSSR count). The van der Waals surface area contributed by atoms with E-state index in [0.29, 0.717) is 0 Å². The number of fused-ring (bicyclic) bond motifs is 9. The van der Waals surface area contributed by atoms with Crippen LogP contribution in [-0.2, 0) is 0 Å². The number of anilines is 3. The zero-order valence-corrected chi connectivity index (χ0v) is 28.7. The van der Waals surface area contributed by atoms with Crippen LogP contribution in [0.25, 0.3) is 87.7 Å². The predicted molar refractivity (Wildman–Crippen MR) is 222 cm³/mol. The van der Waals surface area contributed by atoms with Gasteiger partial charge in [-0.3, -0.25) is 0 Å². The van der Waals surface area contributed by atoms with Crippen molar-refractivity contribution in [2.45, 2.75) is 0 Å². The van der Waals surface area contributed by atoms with E-state index in [9.17, 15) is 0 Å². The van der Waals surface area contributed by atoms with E-state index in [-0.39, 0.29) is 0 Å². The van der Waals surface area contributed by atoms with Crippen LogP contribution in [0.1, 0.15) is 0 Å². The summed E-state index contributed by atoms with van der Waals surface area (Å²) in [6.45, 7) is 0. The molecule has 0 aliphatic heterocycles. The van der Waals surface area contributed by atoms with Gasteiger partial charge >= 0.3 is 0 Å². The monoisotopic (exact) mass is 677 g/mol. The van der Waals surface area contributed by atoms with Gasteiger partial charge in [0.05, 0.1) is 22.1 Å².